The quantitative estimate of drug-likeness (QED) is 0.303. The number of nitrogens with zero attached hydrogens (tertiary/aromatic N) is 2. The van der Waals surface area contributed by atoms with Crippen LogP contribution in [-0.4, -0.2) is 58.0 Å². The second-order valence-electron chi connectivity index (χ2n) is 10.4. The molecule has 0 aliphatic carbocycles. The van der Waals surface area contributed by atoms with Crippen LogP contribution in [0.15, 0.2) is 71.6 Å². The highest BCUT2D eigenvalue weighted by Gasteiger charge is 2.34. The summed E-state index contributed by atoms with van der Waals surface area (Å²) in [5, 5.41) is 2.94. The molecule has 10 heteroatoms. The van der Waals surface area contributed by atoms with Crippen LogP contribution in [0, 0.1) is 13.8 Å². The van der Waals surface area contributed by atoms with E-state index in [-0.39, 0.29) is 34.8 Å². The molecule has 226 valence electrons. The van der Waals surface area contributed by atoms with Crippen molar-refractivity contribution < 1.29 is 27.5 Å². The van der Waals surface area contributed by atoms with Crippen molar-refractivity contribution in [2.75, 3.05) is 25.1 Å². The third kappa shape index (κ3) is 7.82. The number of rotatable bonds is 13. The van der Waals surface area contributed by atoms with Crippen LogP contribution in [0.5, 0.6) is 11.5 Å². The van der Waals surface area contributed by atoms with Crippen molar-refractivity contribution in [1.82, 2.24) is 10.2 Å². The predicted molar refractivity (Wildman–Crippen MR) is 164 cm³/mol. The number of carbonyl (C=O) groups is 2. The van der Waals surface area contributed by atoms with E-state index in [4.69, 9.17) is 9.47 Å². The Morgan fingerprint density at radius 3 is 2.19 bits per heavy atom. The van der Waals surface area contributed by atoms with Gasteiger partial charge < -0.3 is 19.7 Å². The molecule has 0 aromatic heterocycles. The highest BCUT2D eigenvalue weighted by molar-refractivity contribution is 7.92. The molecular formula is C32H41N3O6S. The van der Waals surface area contributed by atoms with Crippen molar-refractivity contribution in [3.05, 3.63) is 83.4 Å². The van der Waals surface area contributed by atoms with Gasteiger partial charge in [-0.25, -0.2) is 8.42 Å². The van der Waals surface area contributed by atoms with Crippen molar-refractivity contribution in [2.24, 2.45) is 0 Å². The lowest BCUT2D eigenvalue weighted by Gasteiger charge is -2.33. The Hall–Kier alpha value is -4.05. The normalized spacial score (nSPS) is 12.6. The van der Waals surface area contributed by atoms with E-state index in [1.165, 1.54) is 37.3 Å². The van der Waals surface area contributed by atoms with E-state index < -0.39 is 28.5 Å². The first-order chi connectivity index (χ1) is 19.9. The number of sulfonamides is 1. The fourth-order valence-corrected chi connectivity index (χ4v) is 5.81. The van der Waals surface area contributed by atoms with Crippen LogP contribution in [0.4, 0.5) is 5.69 Å². The minimum atomic E-state index is -4.26. The summed E-state index contributed by atoms with van der Waals surface area (Å²) in [4.78, 5) is 28.8. The molecule has 0 spiro atoms. The molecule has 0 radical (unpaired) electrons. The van der Waals surface area contributed by atoms with Crippen LogP contribution in [0.2, 0.25) is 0 Å². The second kappa shape index (κ2) is 14.2. The first kappa shape index (κ1) is 32.5. The zero-order valence-electron chi connectivity index (χ0n) is 25.4. The third-order valence-corrected chi connectivity index (χ3v) is 8.92. The van der Waals surface area contributed by atoms with Gasteiger partial charge in [0.15, 0.2) is 0 Å². The van der Waals surface area contributed by atoms with Gasteiger partial charge in [-0.05, 0) is 63.9 Å². The molecule has 3 rings (SSSR count). The van der Waals surface area contributed by atoms with Gasteiger partial charge >= 0.3 is 0 Å². The zero-order chi connectivity index (χ0) is 31.0. The summed E-state index contributed by atoms with van der Waals surface area (Å²) in [6.07, 6.45) is 0.725. The van der Waals surface area contributed by atoms with E-state index in [9.17, 15) is 18.0 Å². The molecule has 0 bridgehead atoms. The lowest BCUT2D eigenvalue weighted by Crippen LogP contribution is -2.52. The Balaban J connectivity index is 2.12. The Labute approximate surface area is 249 Å². The zero-order valence-corrected chi connectivity index (χ0v) is 26.2. The minimum absolute atomic E-state index is 0.0126. The van der Waals surface area contributed by atoms with Crippen LogP contribution >= 0.6 is 0 Å². The van der Waals surface area contributed by atoms with Gasteiger partial charge in [0.05, 0.1) is 24.8 Å². The van der Waals surface area contributed by atoms with E-state index >= 15 is 0 Å². The lowest BCUT2D eigenvalue weighted by molar-refractivity contribution is -0.139. The summed E-state index contributed by atoms with van der Waals surface area (Å²) in [5.74, 6) is -0.242. The number of amides is 2. The molecule has 0 fully saturated rings. The number of nitrogens with one attached hydrogen (secondary N) is 1. The van der Waals surface area contributed by atoms with E-state index in [0.29, 0.717) is 5.75 Å². The van der Waals surface area contributed by atoms with Crippen molar-refractivity contribution >= 4 is 27.5 Å². The Kier molecular flexibility index (Phi) is 11.0. The maximum absolute atomic E-state index is 14.2. The standard InChI is InChI=1S/C32H41N3O6S/c1-8-24(4)33-32(37)25(5)34(20-26-11-9-10-23(3)18-26)31(36)21-35(29-19-27(40-6)14-17-30(29)41-7)42(38,39)28-15-12-22(2)13-16-28/h9-19,24-25H,8,20-21H2,1-7H3,(H,33,37)/t24-,25-/m1/s1. The molecule has 3 aromatic rings. The number of benzene rings is 3. The summed E-state index contributed by atoms with van der Waals surface area (Å²) in [6.45, 7) is 8.84. The largest absolute Gasteiger partial charge is 0.497 e. The van der Waals surface area contributed by atoms with Crippen molar-refractivity contribution in [2.45, 2.75) is 64.6 Å². The lowest BCUT2D eigenvalue weighted by atomic mass is 10.1. The molecule has 0 heterocycles. The highest BCUT2D eigenvalue weighted by atomic mass is 32.2. The average Bonchev–Trinajstić information content (AvgIpc) is 2.97. The Morgan fingerprint density at radius 2 is 1.60 bits per heavy atom. The summed E-state index contributed by atoms with van der Waals surface area (Å²) in [6, 6.07) is 17.8. The Bertz CT molecular complexity index is 1490. The van der Waals surface area contributed by atoms with Gasteiger partial charge in [-0.15, -0.1) is 0 Å². The van der Waals surface area contributed by atoms with E-state index in [0.717, 1.165) is 27.4 Å². The number of hydrogen-bond donors (Lipinski definition) is 1. The van der Waals surface area contributed by atoms with Gasteiger partial charge in [0.1, 0.15) is 24.1 Å². The Morgan fingerprint density at radius 1 is 0.905 bits per heavy atom. The number of carbonyl (C=O) groups excluding carboxylic acids is 2. The molecule has 9 nitrogen and oxygen atoms in total. The molecule has 0 saturated heterocycles. The van der Waals surface area contributed by atoms with Gasteiger partial charge in [-0.3, -0.25) is 13.9 Å². The fraction of sp³-hybridized carbons (Fsp3) is 0.375. The van der Waals surface area contributed by atoms with E-state index in [1.807, 2.05) is 52.0 Å². The monoisotopic (exact) mass is 595 g/mol. The number of ether oxygens (including phenoxy) is 2. The smallest absolute Gasteiger partial charge is 0.264 e. The number of aryl methyl sites for hydroxylation is 2. The molecule has 2 amide bonds. The van der Waals surface area contributed by atoms with E-state index in [1.54, 1.807) is 31.2 Å². The summed E-state index contributed by atoms with van der Waals surface area (Å²) in [7, 11) is -1.36. The third-order valence-electron chi connectivity index (χ3n) is 7.15. The van der Waals surface area contributed by atoms with Crippen LogP contribution in [0.25, 0.3) is 0 Å². The fourth-order valence-electron chi connectivity index (χ4n) is 4.40. The number of methoxy groups -OCH3 is 2. The highest BCUT2D eigenvalue weighted by Crippen LogP contribution is 2.36. The molecule has 3 aromatic carbocycles. The maximum atomic E-state index is 14.2. The second-order valence-corrected chi connectivity index (χ2v) is 12.2. The molecule has 0 aliphatic rings. The molecule has 2 atom stereocenters. The van der Waals surface area contributed by atoms with Crippen molar-refractivity contribution in [1.29, 1.82) is 0 Å². The molecule has 42 heavy (non-hydrogen) atoms. The van der Waals surface area contributed by atoms with Crippen molar-refractivity contribution in [3.8, 4) is 11.5 Å². The first-order valence-electron chi connectivity index (χ1n) is 13.9. The number of anilines is 1. The van der Waals surface area contributed by atoms with E-state index in [2.05, 4.69) is 5.32 Å². The van der Waals surface area contributed by atoms with Crippen LogP contribution in [-0.2, 0) is 26.2 Å². The minimum Gasteiger partial charge on any atom is -0.497 e. The van der Waals surface area contributed by atoms with Crippen LogP contribution in [0.1, 0.15) is 43.9 Å². The maximum Gasteiger partial charge on any atom is 0.264 e. The summed E-state index contributed by atoms with van der Waals surface area (Å²) < 4.78 is 40.2. The average molecular weight is 596 g/mol. The number of hydrogen-bond acceptors (Lipinski definition) is 6. The van der Waals surface area contributed by atoms with Gasteiger partial charge in [-0.2, -0.15) is 0 Å². The molecule has 1 N–H and O–H groups in total. The first-order valence-corrected chi connectivity index (χ1v) is 15.3. The van der Waals surface area contributed by atoms with Gasteiger partial charge in [0, 0.05) is 18.7 Å². The molecule has 0 unspecified atom stereocenters. The topological polar surface area (TPSA) is 105 Å². The molecule has 0 saturated carbocycles. The molecular weight excluding hydrogens is 554 g/mol. The molecule has 0 aliphatic heterocycles. The predicted octanol–water partition coefficient (Wildman–Crippen LogP) is 4.85. The van der Waals surface area contributed by atoms with Gasteiger partial charge in [0.25, 0.3) is 10.0 Å². The SMILES string of the molecule is CC[C@@H](C)NC(=O)[C@@H](C)N(Cc1cccc(C)c1)C(=O)CN(c1cc(OC)ccc1OC)S(=O)(=O)c1ccc(C)cc1. The van der Waals surface area contributed by atoms with Gasteiger partial charge in [0.2, 0.25) is 11.8 Å². The summed E-state index contributed by atoms with van der Waals surface area (Å²) >= 11 is 0. The van der Waals surface area contributed by atoms with Crippen LogP contribution < -0.4 is 19.1 Å². The van der Waals surface area contributed by atoms with Gasteiger partial charge in [-0.1, -0.05) is 54.4 Å². The summed E-state index contributed by atoms with van der Waals surface area (Å²) in [5.41, 5.74) is 2.85. The van der Waals surface area contributed by atoms with Crippen molar-refractivity contribution in [3.63, 3.8) is 0 Å². The van der Waals surface area contributed by atoms with Crippen LogP contribution in [0.3, 0.4) is 0 Å².